The molecule has 2 aromatic rings. The molecule has 1 atom stereocenters. The largest absolute Gasteiger partial charge is 0.497 e. The number of carbonyl (C=O) groups is 1. The Morgan fingerprint density at radius 3 is 2.93 bits per heavy atom. The van der Waals surface area contributed by atoms with Gasteiger partial charge in [-0.3, -0.25) is 4.79 Å². The second-order valence-electron chi connectivity index (χ2n) is 7.22. The van der Waals surface area contributed by atoms with Gasteiger partial charge in [0.1, 0.15) is 5.75 Å². The smallest absolute Gasteiger partial charge is 0.471 e. The number of halogens is 3. The molecule has 1 saturated heterocycles. The molecule has 0 saturated carbocycles. The molecule has 1 fully saturated rings. The number of likely N-dealkylation sites (tertiary alicyclic amines) is 1. The van der Waals surface area contributed by atoms with Crippen LogP contribution in [-0.4, -0.2) is 54.8 Å². The van der Waals surface area contributed by atoms with Gasteiger partial charge >= 0.3 is 12.1 Å². The molecule has 28 heavy (non-hydrogen) atoms. The lowest BCUT2D eigenvalue weighted by molar-refractivity contribution is -0.173. The first-order chi connectivity index (χ1) is 13.4. The van der Waals surface area contributed by atoms with Crippen LogP contribution < -0.4 is 10.1 Å². The maximum Gasteiger partial charge on any atom is 0.471 e. The van der Waals surface area contributed by atoms with E-state index >= 15 is 0 Å². The Balaban J connectivity index is 1.49. The van der Waals surface area contributed by atoms with Crippen molar-refractivity contribution < 1.29 is 22.7 Å². The lowest BCUT2D eigenvalue weighted by Gasteiger charge is -2.24. The summed E-state index contributed by atoms with van der Waals surface area (Å²) in [5, 5.41) is 3.10. The Kier molecular flexibility index (Phi) is 6.49. The quantitative estimate of drug-likeness (QED) is 0.669. The summed E-state index contributed by atoms with van der Waals surface area (Å²) in [6, 6.07) is 6.42. The number of aromatic nitrogens is 1. The number of unbranched alkanes of at least 4 members (excludes halogenated alkanes) is 1. The van der Waals surface area contributed by atoms with Crippen LogP contribution in [0, 0.1) is 0 Å². The number of nitrogens with zero attached hydrogens (tertiary/aromatic N) is 1. The zero-order valence-electron chi connectivity index (χ0n) is 15.9. The fourth-order valence-electron chi connectivity index (χ4n) is 3.87. The Morgan fingerprint density at radius 1 is 1.36 bits per heavy atom. The zero-order chi connectivity index (χ0) is 20.1. The third kappa shape index (κ3) is 4.98. The van der Waals surface area contributed by atoms with Crippen LogP contribution in [0.1, 0.15) is 31.2 Å². The number of alkyl halides is 3. The van der Waals surface area contributed by atoms with Crippen LogP contribution in [0.4, 0.5) is 13.2 Å². The molecule has 3 rings (SSSR count). The molecule has 5 nitrogen and oxygen atoms in total. The average molecular weight is 397 g/mol. The van der Waals surface area contributed by atoms with Gasteiger partial charge in [-0.05, 0) is 69.0 Å². The molecule has 0 aliphatic carbocycles. The number of ether oxygens (including phenoxy) is 1. The van der Waals surface area contributed by atoms with Crippen LogP contribution in [0.25, 0.3) is 10.9 Å². The molecule has 2 heterocycles. The van der Waals surface area contributed by atoms with Crippen LogP contribution in [0.15, 0.2) is 24.4 Å². The number of carbonyl (C=O) groups excluding carboxylic acids is 1. The van der Waals surface area contributed by atoms with E-state index in [0.717, 1.165) is 50.0 Å². The van der Waals surface area contributed by atoms with E-state index in [2.05, 4.69) is 9.88 Å². The van der Waals surface area contributed by atoms with Gasteiger partial charge in [-0.25, -0.2) is 0 Å². The highest BCUT2D eigenvalue weighted by Gasteiger charge is 2.38. The number of amides is 1. The van der Waals surface area contributed by atoms with Gasteiger partial charge in [0, 0.05) is 29.7 Å². The van der Waals surface area contributed by atoms with Gasteiger partial charge in [-0.2, -0.15) is 13.2 Å². The highest BCUT2D eigenvalue weighted by molar-refractivity contribution is 5.84. The van der Waals surface area contributed by atoms with Crippen molar-refractivity contribution in [2.45, 2.75) is 44.3 Å². The molecule has 1 aromatic heterocycles. The normalized spacial score (nSPS) is 17.9. The van der Waals surface area contributed by atoms with Crippen molar-refractivity contribution in [1.29, 1.82) is 0 Å². The summed E-state index contributed by atoms with van der Waals surface area (Å²) in [7, 11) is 1.66. The van der Waals surface area contributed by atoms with Gasteiger partial charge in [0.15, 0.2) is 0 Å². The van der Waals surface area contributed by atoms with Crippen molar-refractivity contribution in [3.8, 4) is 5.75 Å². The topological polar surface area (TPSA) is 57.4 Å². The van der Waals surface area contributed by atoms with E-state index in [1.165, 1.54) is 10.9 Å². The molecule has 1 aliphatic heterocycles. The van der Waals surface area contributed by atoms with E-state index in [1.807, 2.05) is 29.7 Å². The Labute approximate surface area is 162 Å². The maximum atomic E-state index is 12.2. The molecule has 154 valence electrons. The number of methoxy groups -OCH3 is 1. The number of hydrogen-bond acceptors (Lipinski definition) is 3. The molecule has 0 radical (unpaired) electrons. The van der Waals surface area contributed by atoms with Gasteiger partial charge < -0.3 is 19.9 Å². The van der Waals surface area contributed by atoms with E-state index in [4.69, 9.17) is 4.74 Å². The van der Waals surface area contributed by atoms with Crippen molar-refractivity contribution in [3.63, 3.8) is 0 Å². The molecule has 8 heteroatoms. The average Bonchev–Trinajstić information content (AvgIpc) is 3.27. The molecule has 0 spiro atoms. The zero-order valence-corrected chi connectivity index (χ0v) is 15.9. The van der Waals surface area contributed by atoms with Crippen LogP contribution in [0.5, 0.6) is 5.75 Å². The minimum atomic E-state index is -4.80. The number of hydrogen-bond donors (Lipinski definition) is 2. The molecule has 0 unspecified atom stereocenters. The predicted octanol–water partition coefficient (Wildman–Crippen LogP) is 3.64. The number of benzene rings is 1. The minimum absolute atomic E-state index is 0.0547. The summed E-state index contributed by atoms with van der Waals surface area (Å²) in [4.78, 5) is 16.5. The molecule has 1 aromatic carbocycles. The van der Waals surface area contributed by atoms with Gasteiger partial charge in [0.05, 0.1) is 7.11 Å². The second-order valence-corrected chi connectivity index (χ2v) is 7.22. The minimum Gasteiger partial charge on any atom is -0.497 e. The fourth-order valence-corrected chi connectivity index (χ4v) is 3.87. The van der Waals surface area contributed by atoms with Crippen molar-refractivity contribution in [1.82, 2.24) is 15.2 Å². The van der Waals surface area contributed by atoms with Crippen LogP contribution in [0.3, 0.4) is 0 Å². The van der Waals surface area contributed by atoms with Gasteiger partial charge in [0.2, 0.25) is 0 Å². The van der Waals surface area contributed by atoms with Crippen molar-refractivity contribution in [2.75, 3.05) is 26.7 Å². The number of H-pyrrole nitrogens is 1. The van der Waals surface area contributed by atoms with E-state index in [0.29, 0.717) is 12.5 Å². The first-order valence-corrected chi connectivity index (χ1v) is 9.61. The first-order valence-electron chi connectivity index (χ1n) is 9.61. The highest BCUT2D eigenvalue weighted by Crippen LogP contribution is 2.28. The summed E-state index contributed by atoms with van der Waals surface area (Å²) < 4.78 is 41.8. The number of rotatable bonds is 8. The van der Waals surface area contributed by atoms with E-state index < -0.39 is 12.1 Å². The number of nitrogens with one attached hydrogen (secondary N) is 2. The SMILES string of the molecule is COc1ccc2[nH]cc(C[C@H]3CCCN3CCCCNC(=O)C(F)(F)F)c2c1. The summed E-state index contributed by atoms with van der Waals surface area (Å²) in [5.41, 5.74) is 2.34. The van der Waals surface area contributed by atoms with Crippen LogP contribution >= 0.6 is 0 Å². The van der Waals surface area contributed by atoms with Gasteiger partial charge in [-0.15, -0.1) is 0 Å². The lowest BCUT2D eigenvalue weighted by Crippen LogP contribution is -2.37. The Hall–Kier alpha value is -2.22. The molecule has 2 N–H and O–H groups in total. The molecule has 1 aliphatic rings. The fraction of sp³-hybridized carbons (Fsp3) is 0.550. The Morgan fingerprint density at radius 2 is 2.18 bits per heavy atom. The number of aromatic amines is 1. The molecule has 0 bridgehead atoms. The van der Waals surface area contributed by atoms with E-state index in [-0.39, 0.29) is 6.54 Å². The van der Waals surface area contributed by atoms with Crippen LogP contribution in [0.2, 0.25) is 0 Å². The third-order valence-corrected chi connectivity index (χ3v) is 5.34. The van der Waals surface area contributed by atoms with Gasteiger partial charge in [0.25, 0.3) is 0 Å². The molecular formula is C20H26F3N3O2. The summed E-state index contributed by atoms with van der Waals surface area (Å²) in [6.07, 6.45) is 1.71. The van der Waals surface area contributed by atoms with Crippen molar-refractivity contribution in [2.24, 2.45) is 0 Å². The third-order valence-electron chi connectivity index (χ3n) is 5.34. The van der Waals surface area contributed by atoms with Crippen LogP contribution in [-0.2, 0) is 11.2 Å². The monoisotopic (exact) mass is 397 g/mol. The van der Waals surface area contributed by atoms with E-state index in [1.54, 1.807) is 7.11 Å². The number of fused-ring (bicyclic) bond motifs is 1. The summed E-state index contributed by atoms with van der Waals surface area (Å²) >= 11 is 0. The molecular weight excluding hydrogens is 371 g/mol. The van der Waals surface area contributed by atoms with E-state index in [9.17, 15) is 18.0 Å². The Bertz CT molecular complexity index is 804. The second kappa shape index (κ2) is 8.86. The standard InChI is InChI=1S/C20H26F3N3O2/c1-28-16-6-7-18-17(12-16)14(13-25-18)11-15-5-4-10-26(15)9-3-2-8-24-19(27)20(21,22)23/h6-7,12-13,15,25H,2-5,8-11H2,1H3,(H,24,27)/t15-/m1/s1. The first kappa shape index (κ1) is 20.5. The predicted molar refractivity (Wildman–Crippen MR) is 101 cm³/mol. The maximum absolute atomic E-state index is 12.2. The summed E-state index contributed by atoms with van der Waals surface area (Å²) in [5.74, 6) is -1.03. The highest BCUT2D eigenvalue weighted by atomic mass is 19.4. The van der Waals surface area contributed by atoms with Crippen molar-refractivity contribution >= 4 is 16.8 Å². The lowest BCUT2D eigenvalue weighted by atomic mass is 10.0. The molecule has 1 amide bonds. The summed E-state index contributed by atoms with van der Waals surface area (Å²) in [6.45, 7) is 1.89. The van der Waals surface area contributed by atoms with Crippen molar-refractivity contribution in [3.05, 3.63) is 30.0 Å². The van der Waals surface area contributed by atoms with Gasteiger partial charge in [-0.1, -0.05) is 0 Å².